The Balaban J connectivity index is 1.27. The van der Waals surface area contributed by atoms with Crippen molar-refractivity contribution in [2.75, 3.05) is 4.90 Å². The van der Waals surface area contributed by atoms with Crippen LogP contribution >= 0.6 is 11.3 Å². The number of benzene rings is 6. The van der Waals surface area contributed by atoms with Gasteiger partial charge in [-0.05, 0) is 53.2 Å². The minimum absolute atomic E-state index is 0.853. The first kappa shape index (κ1) is 23.9. The predicted molar refractivity (Wildman–Crippen MR) is 184 cm³/mol. The predicted octanol–water partition coefficient (Wildman–Crippen LogP) is 11.9. The number of rotatable bonds is 3. The molecule has 4 nitrogen and oxygen atoms in total. The Morgan fingerprint density at radius 3 is 1.73 bits per heavy atom. The van der Waals surface area contributed by atoms with Crippen LogP contribution in [-0.4, -0.2) is 4.98 Å². The molecule has 4 aromatic heterocycles. The third-order valence-electron chi connectivity index (χ3n) is 8.70. The Morgan fingerprint density at radius 2 is 1.05 bits per heavy atom. The average Bonchev–Trinajstić information content (AvgIpc) is 3.76. The molecule has 206 valence electrons. The summed E-state index contributed by atoms with van der Waals surface area (Å²) in [6.45, 7) is 0. The van der Waals surface area contributed by atoms with Crippen LogP contribution in [0.15, 0.2) is 142 Å². The third kappa shape index (κ3) is 3.36. The summed E-state index contributed by atoms with van der Waals surface area (Å²) >= 11 is 1.80. The van der Waals surface area contributed by atoms with E-state index >= 15 is 0 Å². The number of thiophene rings is 1. The summed E-state index contributed by atoms with van der Waals surface area (Å²) in [7, 11) is 0. The second-order valence-corrected chi connectivity index (χ2v) is 12.2. The Kier molecular flexibility index (Phi) is 4.84. The first-order valence-electron chi connectivity index (χ1n) is 14.6. The Bertz CT molecular complexity index is 2640. The van der Waals surface area contributed by atoms with Gasteiger partial charge in [0.25, 0.3) is 0 Å². The molecule has 0 atom stereocenters. The summed E-state index contributed by atoms with van der Waals surface area (Å²) < 4.78 is 15.1. The van der Waals surface area contributed by atoms with Gasteiger partial charge in [0, 0.05) is 61.3 Å². The number of hydrogen-bond donors (Lipinski definition) is 0. The average molecular weight is 583 g/mol. The highest BCUT2D eigenvalue weighted by molar-refractivity contribution is 7.27. The van der Waals surface area contributed by atoms with E-state index < -0.39 is 0 Å². The molecule has 0 N–H and O–H groups in total. The zero-order valence-electron chi connectivity index (χ0n) is 23.3. The molecule has 0 aliphatic heterocycles. The summed E-state index contributed by atoms with van der Waals surface area (Å²) in [5.41, 5.74) is 7.55. The van der Waals surface area contributed by atoms with Crippen molar-refractivity contribution in [3.63, 3.8) is 0 Å². The summed E-state index contributed by atoms with van der Waals surface area (Å²) in [4.78, 5) is 7.22. The first-order chi connectivity index (χ1) is 21.8. The number of anilines is 3. The number of furan rings is 2. The lowest BCUT2D eigenvalue weighted by atomic mass is 10.1. The van der Waals surface area contributed by atoms with Crippen LogP contribution in [0.5, 0.6) is 0 Å². The van der Waals surface area contributed by atoms with Gasteiger partial charge in [-0.3, -0.25) is 4.98 Å². The van der Waals surface area contributed by atoms with Crippen LogP contribution in [0.25, 0.3) is 75.0 Å². The van der Waals surface area contributed by atoms with E-state index in [2.05, 4.69) is 108 Å². The fourth-order valence-corrected chi connectivity index (χ4v) is 7.98. The van der Waals surface area contributed by atoms with Crippen molar-refractivity contribution >= 4 is 103 Å². The number of para-hydroxylation sites is 2. The topological polar surface area (TPSA) is 42.4 Å². The third-order valence-corrected chi connectivity index (χ3v) is 9.96. The maximum Gasteiger partial charge on any atom is 0.137 e. The van der Waals surface area contributed by atoms with Crippen molar-refractivity contribution in [3.8, 4) is 0 Å². The molecule has 10 rings (SSSR count). The molecule has 0 bridgehead atoms. The lowest BCUT2D eigenvalue weighted by molar-refractivity contribution is 0.669. The van der Waals surface area contributed by atoms with E-state index in [0.29, 0.717) is 0 Å². The van der Waals surface area contributed by atoms with Crippen molar-refractivity contribution in [3.05, 3.63) is 134 Å². The molecule has 0 radical (unpaired) electrons. The molecule has 0 saturated carbocycles. The molecule has 0 fully saturated rings. The normalized spacial score (nSPS) is 12.1. The van der Waals surface area contributed by atoms with Gasteiger partial charge >= 0.3 is 0 Å². The van der Waals surface area contributed by atoms with Crippen molar-refractivity contribution in [1.29, 1.82) is 0 Å². The number of fused-ring (bicyclic) bond motifs is 11. The second kappa shape index (κ2) is 8.93. The van der Waals surface area contributed by atoms with Gasteiger partial charge < -0.3 is 13.7 Å². The molecule has 44 heavy (non-hydrogen) atoms. The number of pyridine rings is 1. The van der Waals surface area contributed by atoms with Crippen LogP contribution < -0.4 is 4.90 Å². The Labute approximate surface area is 255 Å². The van der Waals surface area contributed by atoms with Gasteiger partial charge in [-0.15, -0.1) is 11.3 Å². The zero-order valence-corrected chi connectivity index (χ0v) is 24.1. The quantitative estimate of drug-likeness (QED) is 0.208. The first-order valence-corrected chi connectivity index (χ1v) is 15.4. The highest BCUT2D eigenvalue weighted by Gasteiger charge is 2.22. The Hall–Kier alpha value is -5.65. The SMILES string of the molecule is c1ccc2c(c1)ccc1c3nccc(N(c4ccc5c(c4)oc4ccccc45)c4ccc5c(c4)oc4ccccc45)c3sc21. The second-order valence-electron chi connectivity index (χ2n) is 11.2. The summed E-state index contributed by atoms with van der Waals surface area (Å²) in [6, 6.07) is 44.5. The highest BCUT2D eigenvalue weighted by atomic mass is 32.1. The fourth-order valence-electron chi connectivity index (χ4n) is 6.68. The highest BCUT2D eigenvalue weighted by Crippen LogP contribution is 2.47. The van der Waals surface area contributed by atoms with Crippen LogP contribution in [-0.2, 0) is 0 Å². The van der Waals surface area contributed by atoms with E-state index in [1.165, 1.54) is 20.9 Å². The van der Waals surface area contributed by atoms with Gasteiger partial charge in [-0.1, -0.05) is 72.8 Å². The van der Waals surface area contributed by atoms with E-state index in [1.807, 2.05) is 30.5 Å². The minimum atomic E-state index is 0.853. The molecular formula is C39H22N2O2S. The van der Waals surface area contributed by atoms with Crippen LogP contribution in [0, 0.1) is 0 Å². The molecule has 0 spiro atoms. The molecule has 0 aliphatic rings. The molecule has 4 heterocycles. The van der Waals surface area contributed by atoms with Gasteiger partial charge in [0.1, 0.15) is 22.3 Å². The monoisotopic (exact) mass is 582 g/mol. The van der Waals surface area contributed by atoms with E-state index in [1.54, 1.807) is 11.3 Å². The standard InChI is InChI=1S/C39H22N2O2S/c1-2-8-26-23(7-1)13-16-31-37-39(44-38(26)31)32(19-20-40-37)41(24-14-17-29-27-9-3-5-11-33(27)42-35(29)21-24)25-15-18-30-28-10-4-6-12-34(28)43-36(30)22-25/h1-22H. The Morgan fingerprint density at radius 1 is 0.477 bits per heavy atom. The maximum atomic E-state index is 6.35. The molecule has 6 aromatic carbocycles. The van der Waals surface area contributed by atoms with E-state index in [-0.39, 0.29) is 0 Å². The van der Waals surface area contributed by atoms with E-state index in [9.17, 15) is 0 Å². The molecule has 0 amide bonds. The van der Waals surface area contributed by atoms with Gasteiger partial charge in [-0.2, -0.15) is 0 Å². The number of hydrogen-bond acceptors (Lipinski definition) is 5. The van der Waals surface area contributed by atoms with E-state index in [0.717, 1.165) is 71.2 Å². The lowest BCUT2D eigenvalue weighted by Crippen LogP contribution is -2.10. The van der Waals surface area contributed by atoms with Gasteiger partial charge in [0.15, 0.2) is 0 Å². The van der Waals surface area contributed by atoms with Gasteiger partial charge in [0.05, 0.1) is 15.9 Å². The lowest BCUT2D eigenvalue weighted by Gasteiger charge is -2.25. The molecule has 0 saturated heterocycles. The number of nitrogens with zero attached hydrogens (tertiary/aromatic N) is 2. The molecule has 0 aliphatic carbocycles. The molecule has 0 unspecified atom stereocenters. The zero-order chi connectivity index (χ0) is 28.8. The minimum Gasteiger partial charge on any atom is -0.456 e. The van der Waals surface area contributed by atoms with Crippen molar-refractivity contribution in [1.82, 2.24) is 4.98 Å². The molecule has 10 aromatic rings. The largest absolute Gasteiger partial charge is 0.456 e. The fraction of sp³-hybridized carbons (Fsp3) is 0. The van der Waals surface area contributed by atoms with E-state index in [4.69, 9.17) is 13.8 Å². The summed E-state index contributed by atoms with van der Waals surface area (Å²) in [6.07, 6.45) is 1.92. The summed E-state index contributed by atoms with van der Waals surface area (Å²) in [5, 5.41) is 8.09. The van der Waals surface area contributed by atoms with Crippen molar-refractivity contribution in [2.45, 2.75) is 0 Å². The molecular weight excluding hydrogens is 561 g/mol. The van der Waals surface area contributed by atoms with Crippen molar-refractivity contribution < 1.29 is 8.83 Å². The van der Waals surface area contributed by atoms with Crippen molar-refractivity contribution in [2.24, 2.45) is 0 Å². The van der Waals surface area contributed by atoms with Gasteiger partial charge in [-0.25, -0.2) is 0 Å². The molecule has 5 heteroatoms. The smallest absolute Gasteiger partial charge is 0.137 e. The van der Waals surface area contributed by atoms with Crippen LogP contribution in [0.2, 0.25) is 0 Å². The van der Waals surface area contributed by atoms with Gasteiger partial charge in [0.2, 0.25) is 0 Å². The van der Waals surface area contributed by atoms with Crippen LogP contribution in [0.3, 0.4) is 0 Å². The summed E-state index contributed by atoms with van der Waals surface area (Å²) in [5.74, 6) is 0. The van der Waals surface area contributed by atoms with Crippen LogP contribution in [0.1, 0.15) is 0 Å². The maximum absolute atomic E-state index is 6.35. The van der Waals surface area contributed by atoms with Crippen LogP contribution in [0.4, 0.5) is 17.1 Å². The number of aromatic nitrogens is 1.